The van der Waals surface area contributed by atoms with Crippen LogP contribution in [-0.4, -0.2) is 90.7 Å². The van der Waals surface area contributed by atoms with Crippen LogP contribution in [0.4, 0.5) is 36.2 Å². The molecule has 0 radical (unpaired) electrons. The molecule has 2 atom stereocenters. The summed E-state index contributed by atoms with van der Waals surface area (Å²) < 4.78 is 0. The Labute approximate surface area is 343 Å². The summed E-state index contributed by atoms with van der Waals surface area (Å²) in [4.78, 5) is 59.4. The molecule has 0 unspecified atom stereocenters. The molecule has 3 aromatic rings. The Bertz CT molecular complexity index is 1780. The number of nitrogens with zero attached hydrogens (tertiary/aromatic N) is 3. The number of nitrogens with one attached hydrogen (secondary N) is 5. The Morgan fingerprint density at radius 2 is 1.28 bits per heavy atom. The van der Waals surface area contributed by atoms with Gasteiger partial charge >= 0.3 is 24.1 Å². The molecule has 4 aliphatic carbocycles. The van der Waals surface area contributed by atoms with E-state index in [2.05, 4.69) is 31.5 Å². The molecule has 8 amide bonds. The van der Waals surface area contributed by atoms with Gasteiger partial charge in [-0.3, -0.25) is 10.2 Å². The van der Waals surface area contributed by atoms with Gasteiger partial charge < -0.3 is 31.1 Å². The first-order valence-electron chi connectivity index (χ1n) is 21.5. The third-order valence-electron chi connectivity index (χ3n) is 13.1. The van der Waals surface area contributed by atoms with Crippen LogP contribution in [0.25, 0.3) is 0 Å². The van der Waals surface area contributed by atoms with Gasteiger partial charge in [0.2, 0.25) is 0 Å². The normalized spacial score (nSPS) is 23.7. The molecule has 0 aromatic heterocycles. The minimum atomic E-state index is -0.642. The molecule has 12 heteroatoms. The van der Waals surface area contributed by atoms with Crippen molar-refractivity contribution in [3.05, 3.63) is 91.0 Å². The summed E-state index contributed by atoms with van der Waals surface area (Å²) in [6.45, 7) is 3.29. The van der Waals surface area contributed by atoms with Crippen molar-refractivity contribution in [1.82, 2.24) is 25.3 Å². The minimum Gasteiger partial charge on any atom is -0.336 e. The lowest BCUT2D eigenvalue weighted by Crippen LogP contribution is -2.54. The lowest BCUT2D eigenvalue weighted by molar-refractivity contribution is -0.0616. The fourth-order valence-corrected chi connectivity index (χ4v) is 10.7. The third-order valence-corrected chi connectivity index (χ3v) is 13.1. The molecule has 58 heavy (non-hydrogen) atoms. The van der Waals surface area contributed by atoms with Crippen LogP contribution >= 0.6 is 0 Å². The molecular weight excluding hydrogens is 729 g/mol. The summed E-state index contributed by atoms with van der Waals surface area (Å²) in [7, 11) is 1.78. The van der Waals surface area contributed by atoms with E-state index in [1.807, 2.05) is 71.6 Å². The molecule has 1 heterocycles. The maximum atomic E-state index is 14.4. The maximum Gasteiger partial charge on any atom is 0.327 e. The Balaban J connectivity index is 1.03. The van der Waals surface area contributed by atoms with Crippen LogP contribution in [0.1, 0.15) is 77.0 Å². The number of amides is 8. The molecule has 3 aromatic carbocycles. The smallest absolute Gasteiger partial charge is 0.327 e. The van der Waals surface area contributed by atoms with Gasteiger partial charge in [0.15, 0.2) is 0 Å². The SMILES string of the molecule is CN(CCCC[C@H](CNC(=O)NC(=O)Nc1ccccc1)N(C[C@H]1CCCN1CCC12CC3CC(CC(C3)C1)C2)C(=O)Nc1ccccc1)C(=O)Nc1ccccc1. The van der Waals surface area contributed by atoms with Crippen molar-refractivity contribution in [3.8, 4) is 0 Å². The zero-order valence-electron chi connectivity index (χ0n) is 34.0. The van der Waals surface area contributed by atoms with Crippen molar-refractivity contribution < 1.29 is 19.2 Å². The predicted octanol–water partition coefficient (Wildman–Crippen LogP) is 8.83. The molecule has 5 aliphatic rings. The van der Waals surface area contributed by atoms with Crippen LogP contribution in [0.5, 0.6) is 0 Å². The highest BCUT2D eigenvalue weighted by Crippen LogP contribution is 2.61. The Kier molecular flexibility index (Phi) is 13.9. The number of benzene rings is 3. The van der Waals surface area contributed by atoms with E-state index in [0.29, 0.717) is 49.1 Å². The second-order valence-electron chi connectivity index (χ2n) is 17.5. The molecule has 1 aliphatic heterocycles. The zero-order chi connectivity index (χ0) is 40.3. The number of rotatable bonds is 16. The van der Waals surface area contributed by atoms with Gasteiger partial charge in [0.05, 0.1) is 6.04 Å². The number of urea groups is 4. The number of unbranched alkanes of at least 4 members (excludes halogenated alkanes) is 1. The van der Waals surface area contributed by atoms with Gasteiger partial charge in [0.1, 0.15) is 0 Å². The second kappa shape index (κ2) is 19.6. The van der Waals surface area contributed by atoms with Gasteiger partial charge in [-0.15, -0.1) is 0 Å². The molecule has 8 rings (SSSR count). The quantitative estimate of drug-likeness (QED) is 0.0924. The number of hydrogen-bond acceptors (Lipinski definition) is 5. The molecule has 5 fully saturated rings. The van der Waals surface area contributed by atoms with Crippen LogP contribution in [0.3, 0.4) is 0 Å². The Morgan fingerprint density at radius 3 is 1.86 bits per heavy atom. The van der Waals surface area contributed by atoms with E-state index >= 15 is 0 Å². The highest BCUT2D eigenvalue weighted by atomic mass is 16.2. The molecular formula is C46H62N8O4. The van der Waals surface area contributed by atoms with E-state index in [1.54, 1.807) is 36.2 Å². The molecule has 310 valence electrons. The van der Waals surface area contributed by atoms with Crippen molar-refractivity contribution in [2.75, 3.05) is 55.7 Å². The van der Waals surface area contributed by atoms with Crippen molar-refractivity contribution >= 4 is 41.2 Å². The predicted molar refractivity (Wildman–Crippen MR) is 230 cm³/mol. The van der Waals surface area contributed by atoms with Crippen molar-refractivity contribution in [1.29, 1.82) is 0 Å². The van der Waals surface area contributed by atoms with E-state index in [9.17, 15) is 19.2 Å². The summed E-state index contributed by atoms with van der Waals surface area (Å²) in [6.07, 6.45) is 13.9. The van der Waals surface area contributed by atoms with Crippen LogP contribution in [-0.2, 0) is 0 Å². The summed E-state index contributed by atoms with van der Waals surface area (Å²) in [6, 6.07) is 26.0. The van der Waals surface area contributed by atoms with Crippen molar-refractivity contribution in [3.63, 3.8) is 0 Å². The van der Waals surface area contributed by atoms with Gasteiger partial charge in [0, 0.05) is 49.8 Å². The average Bonchev–Trinajstić information content (AvgIpc) is 3.66. The zero-order valence-corrected chi connectivity index (χ0v) is 34.0. The van der Waals surface area contributed by atoms with Crippen LogP contribution < -0.4 is 26.6 Å². The first-order chi connectivity index (χ1) is 28.2. The van der Waals surface area contributed by atoms with Crippen molar-refractivity contribution in [2.45, 2.75) is 89.1 Å². The number of imide groups is 1. The number of para-hydroxylation sites is 3. The second-order valence-corrected chi connectivity index (χ2v) is 17.5. The summed E-state index contributed by atoms with van der Waals surface area (Å²) in [5, 5.41) is 14.0. The fraction of sp³-hybridized carbons (Fsp3) is 0.522. The highest BCUT2D eigenvalue weighted by Gasteiger charge is 2.50. The monoisotopic (exact) mass is 790 g/mol. The van der Waals surface area contributed by atoms with E-state index in [4.69, 9.17) is 0 Å². The first kappa shape index (κ1) is 41.1. The van der Waals surface area contributed by atoms with Gasteiger partial charge in [-0.05, 0) is 150 Å². The highest BCUT2D eigenvalue weighted by molar-refractivity contribution is 6.00. The van der Waals surface area contributed by atoms with Gasteiger partial charge in [-0.1, -0.05) is 54.6 Å². The van der Waals surface area contributed by atoms with E-state index in [1.165, 1.54) is 44.9 Å². The number of carbonyl (C=O) groups is 4. The topological polar surface area (TPSA) is 138 Å². The number of carbonyl (C=O) groups excluding carboxylic acids is 4. The minimum absolute atomic E-state index is 0.150. The standard InChI is InChI=1S/C46H62N8O4/c1-52(44(57)49-38-16-7-3-8-17-38)23-12-11-20-40(32-47-42(55)51-43(56)48-37-14-5-2-6-15-37)54(45(58)50-39-18-9-4-10-19-39)33-41-21-13-24-53(41)25-22-46-29-34-26-35(30-46)28-36(27-34)31-46/h2-10,14-19,34-36,40-41H,11-13,20-33H2,1H3,(H,49,57)(H,50,58)(H3,47,48,51,55,56)/t34?,35?,36?,40-,41-,46?/m1/s1. The number of anilines is 3. The van der Waals surface area contributed by atoms with Gasteiger partial charge in [0.25, 0.3) is 0 Å². The lowest BCUT2D eigenvalue weighted by Gasteiger charge is -2.57. The van der Waals surface area contributed by atoms with E-state index in [-0.39, 0.29) is 30.7 Å². The summed E-state index contributed by atoms with van der Waals surface area (Å²) in [5.74, 6) is 2.77. The molecule has 0 spiro atoms. The lowest BCUT2D eigenvalue weighted by atomic mass is 9.49. The number of likely N-dealkylation sites (tertiary alicyclic amines) is 1. The Hall–Kier alpha value is -5.10. The van der Waals surface area contributed by atoms with Gasteiger partial charge in [-0.2, -0.15) is 0 Å². The van der Waals surface area contributed by atoms with Gasteiger partial charge in [-0.25, -0.2) is 19.2 Å². The van der Waals surface area contributed by atoms with Crippen LogP contribution in [0.2, 0.25) is 0 Å². The molecule has 4 bridgehead atoms. The molecule has 5 N–H and O–H groups in total. The summed E-state index contributed by atoms with van der Waals surface area (Å²) >= 11 is 0. The van der Waals surface area contributed by atoms with E-state index in [0.717, 1.165) is 49.4 Å². The van der Waals surface area contributed by atoms with E-state index < -0.39 is 12.1 Å². The Morgan fingerprint density at radius 1 is 0.724 bits per heavy atom. The molecule has 1 saturated heterocycles. The summed E-state index contributed by atoms with van der Waals surface area (Å²) in [5.41, 5.74) is 2.50. The van der Waals surface area contributed by atoms with Crippen LogP contribution in [0.15, 0.2) is 91.0 Å². The largest absolute Gasteiger partial charge is 0.336 e. The molecule has 12 nitrogen and oxygen atoms in total. The maximum absolute atomic E-state index is 14.4. The number of hydrogen-bond donors (Lipinski definition) is 5. The van der Waals surface area contributed by atoms with Crippen LogP contribution in [0, 0.1) is 23.2 Å². The average molecular weight is 791 g/mol. The third kappa shape index (κ3) is 11.3. The first-order valence-corrected chi connectivity index (χ1v) is 21.5. The van der Waals surface area contributed by atoms with Crippen molar-refractivity contribution in [2.24, 2.45) is 23.2 Å². The molecule has 4 saturated carbocycles. The fourth-order valence-electron chi connectivity index (χ4n) is 10.7.